The third kappa shape index (κ3) is 7.64. The number of amides is 4. The number of nitrogens with one attached hydrogen (secondary N) is 1. The molecule has 0 radical (unpaired) electrons. The summed E-state index contributed by atoms with van der Waals surface area (Å²) in [4.78, 5) is 77.9. The molecule has 3 aromatic heterocycles. The monoisotopic (exact) mass is 787 g/mol. The quantitative estimate of drug-likeness (QED) is 0.237. The van der Waals surface area contributed by atoms with E-state index in [-0.39, 0.29) is 36.1 Å². The SMILES string of the molecule is CN(C)C(=O)c1cc2cnc(Cc3ccc(N4CCN(CCN5CCN(c6ccc7c(c6)CN(C6CCC(=O)NC6=O)C7=O)CC5)CC4)cn3)nc2n1C1CCCC1. The summed E-state index contributed by atoms with van der Waals surface area (Å²) in [6.45, 7) is 10.2. The Morgan fingerprint density at radius 1 is 0.810 bits per heavy atom. The maximum Gasteiger partial charge on any atom is 0.270 e. The van der Waals surface area contributed by atoms with Crippen LogP contribution in [0.4, 0.5) is 11.4 Å². The van der Waals surface area contributed by atoms with Crippen LogP contribution in [0.5, 0.6) is 0 Å². The maximum absolute atomic E-state index is 13.1. The number of carbonyl (C=O) groups excluding carboxylic acids is 4. The van der Waals surface area contributed by atoms with Gasteiger partial charge in [-0.2, -0.15) is 0 Å². The summed E-state index contributed by atoms with van der Waals surface area (Å²) in [5, 5.41) is 3.28. The van der Waals surface area contributed by atoms with Gasteiger partial charge in [0.1, 0.15) is 23.2 Å². The van der Waals surface area contributed by atoms with E-state index in [0.29, 0.717) is 36.5 Å². The zero-order valence-electron chi connectivity index (χ0n) is 33.6. The summed E-state index contributed by atoms with van der Waals surface area (Å²) in [5.41, 5.74) is 6.31. The van der Waals surface area contributed by atoms with Gasteiger partial charge < -0.3 is 24.2 Å². The molecule has 5 aliphatic rings. The number of piperazine rings is 2. The number of piperidine rings is 1. The van der Waals surface area contributed by atoms with Crippen molar-refractivity contribution < 1.29 is 19.2 Å². The van der Waals surface area contributed by atoms with Crippen LogP contribution in [0, 0.1) is 0 Å². The number of carbonyl (C=O) groups is 4. The molecule has 9 rings (SSSR count). The molecule has 304 valence electrons. The molecule has 0 spiro atoms. The van der Waals surface area contributed by atoms with Gasteiger partial charge in [-0.1, -0.05) is 12.8 Å². The number of imide groups is 1. The summed E-state index contributed by atoms with van der Waals surface area (Å²) in [5.74, 6) is -0.0722. The summed E-state index contributed by atoms with van der Waals surface area (Å²) in [6, 6.07) is 11.9. The first-order valence-electron chi connectivity index (χ1n) is 20.9. The highest BCUT2D eigenvalue weighted by Crippen LogP contribution is 2.35. The molecule has 4 amide bonds. The van der Waals surface area contributed by atoms with E-state index in [1.54, 1.807) is 23.9 Å². The number of pyridine rings is 1. The third-order valence-corrected chi connectivity index (χ3v) is 12.8. The molecule has 0 bridgehead atoms. The van der Waals surface area contributed by atoms with Crippen molar-refractivity contribution in [1.29, 1.82) is 0 Å². The molecule has 4 fully saturated rings. The lowest BCUT2D eigenvalue weighted by atomic mass is 10.0. The van der Waals surface area contributed by atoms with Gasteiger partial charge in [0, 0.05) is 127 Å². The van der Waals surface area contributed by atoms with Crippen molar-refractivity contribution >= 4 is 46.0 Å². The van der Waals surface area contributed by atoms with Gasteiger partial charge in [-0.3, -0.25) is 39.3 Å². The number of rotatable bonds is 10. The average Bonchev–Trinajstić information content (AvgIpc) is 3.98. The fourth-order valence-electron chi connectivity index (χ4n) is 9.42. The Hall–Kier alpha value is -5.41. The predicted molar refractivity (Wildman–Crippen MR) is 220 cm³/mol. The molecule has 58 heavy (non-hydrogen) atoms. The molecule has 15 heteroatoms. The van der Waals surface area contributed by atoms with Crippen molar-refractivity contribution in [3.8, 4) is 0 Å². The minimum Gasteiger partial charge on any atom is -0.369 e. The van der Waals surface area contributed by atoms with Crippen molar-refractivity contribution in [2.24, 2.45) is 0 Å². The summed E-state index contributed by atoms with van der Waals surface area (Å²) >= 11 is 0. The van der Waals surface area contributed by atoms with Gasteiger partial charge in [0.25, 0.3) is 11.8 Å². The highest BCUT2D eigenvalue weighted by molar-refractivity contribution is 6.05. The first-order valence-corrected chi connectivity index (χ1v) is 20.9. The lowest BCUT2D eigenvalue weighted by molar-refractivity contribution is -0.136. The lowest BCUT2D eigenvalue weighted by Crippen LogP contribution is -2.52. The first kappa shape index (κ1) is 38.1. The number of hydrogen-bond donors (Lipinski definition) is 1. The Labute approximate surface area is 339 Å². The van der Waals surface area contributed by atoms with Crippen molar-refractivity contribution in [3.05, 3.63) is 77.1 Å². The van der Waals surface area contributed by atoms with Gasteiger partial charge >= 0.3 is 0 Å². The van der Waals surface area contributed by atoms with Gasteiger partial charge in [0.15, 0.2) is 0 Å². The van der Waals surface area contributed by atoms with Crippen LogP contribution in [0.2, 0.25) is 0 Å². The summed E-state index contributed by atoms with van der Waals surface area (Å²) < 4.78 is 2.16. The lowest BCUT2D eigenvalue weighted by Gasteiger charge is -2.39. The maximum atomic E-state index is 13.1. The second-order valence-corrected chi connectivity index (χ2v) is 16.7. The van der Waals surface area contributed by atoms with Crippen LogP contribution in [0.25, 0.3) is 11.0 Å². The molecule has 1 atom stereocenters. The number of benzene rings is 1. The van der Waals surface area contributed by atoms with Crippen molar-refractivity contribution in [2.45, 2.75) is 63.6 Å². The van der Waals surface area contributed by atoms with Crippen LogP contribution in [-0.4, -0.2) is 148 Å². The smallest absolute Gasteiger partial charge is 0.270 e. The first-order chi connectivity index (χ1) is 28.2. The van der Waals surface area contributed by atoms with E-state index in [1.165, 1.54) is 12.8 Å². The number of fused-ring (bicyclic) bond motifs is 2. The Morgan fingerprint density at radius 3 is 2.16 bits per heavy atom. The molecule has 4 aliphatic heterocycles. The van der Waals surface area contributed by atoms with Gasteiger partial charge in [-0.25, -0.2) is 9.97 Å². The third-order valence-electron chi connectivity index (χ3n) is 12.8. The summed E-state index contributed by atoms with van der Waals surface area (Å²) in [6.07, 6.45) is 9.46. The van der Waals surface area contributed by atoms with Crippen molar-refractivity contribution in [2.75, 3.05) is 89.3 Å². The minimum atomic E-state index is -0.594. The van der Waals surface area contributed by atoms with E-state index in [2.05, 4.69) is 52.7 Å². The number of nitrogens with zero attached hydrogens (tertiary/aromatic N) is 10. The average molecular weight is 788 g/mol. The predicted octanol–water partition coefficient (Wildman–Crippen LogP) is 2.94. The second kappa shape index (κ2) is 16.1. The zero-order chi connectivity index (χ0) is 39.9. The normalized spacial score (nSPS) is 21.0. The molecule has 4 aromatic rings. The molecule has 15 nitrogen and oxygen atoms in total. The largest absolute Gasteiger partial charge is 0.369 e. The van der Waals surface area contributed by atoms with E-state index >= 15 is 0 Å². The van der Waals surface area contributed by atoms with Crippen LogP contribution in [-0.2, 0) is 22.6 Å². The number of anilines is 2. The van der Waals surface area contributed by atoms with Gasteiger partial charge in [0.2, 0.25) is 11.8 Å². The molecule has 1 aromatic carbocycles. The van der Waals surface area contributed by atoms with Crippen LogP contribution < -0.4 is 15.1 Å². The number of aromatic nitrogens is 4. The second-order valence-electron chi connectivity index (χ2n) is 16.7. The topological polar surface area (TPSA) is 143 Å². The Morgan fingerprint density at radius 2 is 1.50 bits per heavy atom. The van der Waals surface area contributed by atoms with Gasteiger partial charge in [0.05, 0.1) is 18.3 Å². The summed E-state index contributed by atoms with van der Waals surface area (Å²) in [7, 11) is 3.59. The molecule has 7 heterocycles. The fraction of sp³-hybridized carbons (Fsp3) is 0.512. The van der Waals surface area contributed by atoms with Gasteiger partial charge in [-0.05, 0) is 61.2 Å². The fourth-order valence-corrected chi connectivity index (χ4v) is 9.42. The van der Waals surface area contributed by atoms with Crippen molar-refractivity contribution in [3.63, 3.8) is 0 Å². The molecule has 1 saturated carbocycles. The molecule has 1 unspecified atom stereocenters. The van der Waals surface area contributed by atoms with Crippen LogP contribution in [0.3, 0.4) is 0 Å². The molecular weight excluding hydrogens is 735 g/mol. The molecule has 1 aliphatic carbocycles. The van der Waals surface area contributed by atoms with E-state index in [0.717, 1.165) is 112 Å². The Bertz CT molecular complexity index is 2200. The van der Waals surface area contributed by atoms with Crippen LogP contribution in [0.1, 0.15) is 82.5 Å². The van der Waals surface area contributed by atoms with Gasteiger partial charge in [-0.15, -0.1) is 0 Å². The molecular formula is C43H53N11O4. The van der Waals surface area contributed by atoms with Crippen molar-refractivity contribution in [1.82, 2.24) is 44.4 Å². The zero-order valence-corrected chi connectivity index (χ0v) is 33.6. The van der Waals surface area contributed by atoms with E-state index < -0.39 is 6.04 Å². The molecule has 1 N–H and O–H groups in total. The Kier molecular flexibility index (Phi) is 10.6. The van der Waals surface area contributed by atoms with Crippen LogP contribution >= 0.6 is 0 Å². The highest BCUT2D eigenvalue weighted by Gasteiger charge is 2.39. The minimum absolute atomic E-state index is 0.00259. The van der Waals surface area contributed by atoms with E-state index in [9.17, 15) is 19.2 Å². The standard InChI is InChI=1S/C43H53N11O4/c1-48(2)43(58)37-24-29-26-45-38(46-40(29)54(37)32-5-3-4-6-32)25-31-7-8-34(27-44-31)52-21-17-50(18-22-52)14-13-49-15-19-51(20-16-49)33-9-10-35-30(23-33)28-53(42(35)57)36-11-12-39(55)47-41(36)56/h7-10,23-24,26-27,32,36H,3-6,11-22,25,28H2,1-2H3,(H,47,55,56). The Balaban J connectivity index is 0.734. The molecule has 3 saturated heterocycles. The van der Waals surface area contributed by atoms with E-state index in [4.69, 9.17) is 9.97 Å². The van der Waals surface area contributed by atoms with E-state index in [1.807, 2.05) is 30.6 Å². The number of hydrogen-bond acceptors (Lipinski definition) is 11. The highest BCUT2D eigenvalue weighted by atomic mass is 16.2. The van der Waals surface area contributed by atoms with Crippen LogP contribution in [0.15, 0.2) is 48.8 Å².